The van der Waals surface area contributed by atoms with Gasteiger partial charge in [-0.05, 0) is 70.3 Å². The average Bonchev–Trinajstić information content (AvgIpc) is 2.98. The topological polar surface area (TPSA) is 32.7 Å². The van der Waals surface area contributed by atoms with Crippen LogP contribution >= 0.6 is 11.6 Å². The molecule has 1 aliphatic rings. The predicted molar refractivity (Wildman–Crippen MR) is 87.3 cm³/mol. The van der Waals surface area contributed by atoms with E-state index in [1.807, 2.05) is 19.9 Å². The number of aliphatic hydroxyl groups is 1. The Morgan fingerprint density at radius 3 is 2.57 bits per heavy atom. The molecule has 1 saturated heterocycles. The standard InChI is InChI=1S/C17H26ClNO2/c1-4-21-15-11-12(2)17(18)13(3)16(15)14(7-10-20)19-8-5-6-9-19/h11,14,20H,4-10H2,1-3H3. The number of likely N-dealkylation sites (tertiary alicyclic amines) is 1. The molecule has 0 saturated carbocycles. The largest absolute Gasteiger partial charge is 0.494 e. The first-order chi connectivity index (χ1) is 10.1. The lowest BCUT2D eigenvalue weighted by Gasteiger charge is -2.31. The van der Waals surface area contributed by atoms with Crippen LogP contribution in [0.3, 0.4) is 0 Å². The van der Waals surface area contributed by atoms with Gasteiger partial charge in [0.15, 0.2) is 0 Å². The molecular weight excluding hydrogens is 286 g/mol. The van der Waals surface area contributed by atoms with E-state index < -0.39 is 0 Å². The van der Waals surface area contributed by atoms with Crippen molar-refractivity contribution >= 4 is 11.6 Å². The number of hydrogen-bond donors (Lipinski definition) is 1. The Hall–Kier alpha value is -0.770. The van der Waals surface area contributed by atoms with Gasteiger partial charge in [0.05, 0.1) is 6.61 Å². The molecule has 0 radical (unpaired) electrons. The smallest absolute Gasteiger partial charge is 0.124 e. The highest BCUT2D eigenvalue weighted by Crippen LogP contribution is 2.40. The zero-order valence-electron chi connectivity index (χ0n) is 13.3. The van der Waals surface area contributed by atoms with Gasteiger partial charge in [0.25, 0.3) is 0 Å². The molecule has 1 aromatic rings. The van der Waals surface area contributed by atoms with Crippen LogP contribution in [0, 0.1) is 13.8 Å². The van der Waals surface area contributed by atoms with E-state index in [4.69, 9.17) is 16.3 Å². The molecule has 0 aliphatic carbocycles. The second kappa shape index (κ2) is 7.48. The summed E-state index contributed by atoms with van der Waals surface area (Å²) in [5.41, 5.74) is 3.29. The third kappa shape index (κ3) is 3.53. The summed E-state index contributed by atoms with van der Waals surface area (Å²) >= 11 is 6.47. The van der Waals surface area contributed by atoms with Gasteiger partial charge in [-0.15, -0.1) is 0 Å². The van der Waals surface area contributed by atoms with E-state index in [9.17, 15) is 5.11 Å². The van der Waals surface area contributed by atoms with Gasteiger partial charge < -0.3 is 9.84 Å². The molecule has 1 aliphatic heterocycles. The van der Waals surface area contributed by atoms with Gasteiger partial charge >= 0.3 is 0 Å². The lowest BCUT2D eigenvalue weighted by Crippen LogP contribution is -2.27. The first kappa shape index (κ1) is 16.6. The molecule has 2 rings (SSSR count). The summed E-state index contributed by atoms with van der Waals surface area (Å²) in [5, 5.41) is 10.3. The Morgan fingerprint density at radius 1 is 1.33 bits per heavy atom. The highest BCUT2D eigenvalue weighted by atomic mass is 35.5. The SMILES string of the molecule is CCOc1cc(C)c(Cl)c(C)c1C(CCO)N1CCCC1. The van der Waals surface area contributed by atoms with Crippen LogP contribution in [0.25, 0.3) is 0 Å². The summed E-state index contributed by atoms with van der Waals surface area (Å²) in [6, 6.07) is 2.23. The van der Waals surface area contributed by atoms with Crippen LogP contribution in [0.1, 0.15) is 48.9 Å². The van der Waals surface area contributed by atoms with E-state index in [0.717, 1.165) is 47.0 Å². The molecule has 21 heavy (non-hydrogen) atoms. The maximum Gasteiger partial charge on any atom is 0.124 e. The molecule has 1 heterocycles. The molecule has 0 bridgehead atoms. The molecule has 1 N–H and O–H groups in total. The third-order valence-electron chi connectivity index (χ3n) is 4.31. The number of aryl methyl sites for hydroxylation is 1. The Balaban J connectivity index is 2.48. The minimum atomic E-state index is 0.178. The number of hydrogen-bond acceptors (Lipinski definition) is 3. The molecule has 0 aromatic heterocycles. The Kier molecular flexibility index (Phi) is 5.91. The third-order valence-corrected chi connectivity index (χ3v) is 4.89. The van der Waals surface area contributed by atoms with E-state index in [1.54, 1.807) is 0 Å². The van der Waals surface area contributed by atoms with Gasteiger partial charge in [-0.2, -0.15) is 0 Å². The van der Waals surface area contributed by atoms with Crippen LogP contribution < -0.4 is 4.74 Å². The van der Waals surface area contributed by atoms with Crippen molar-refractivity contribution in [1.29, 1.82) is 0 Å². The molecule has 1 unspecified atom stereocenters. The molecule has 0 amide bonds. The zero-order chi connectivity index (χ0) is 15.4. The highest BCUT2D eigenvalue weighted by Gasteiger charge is 2.28. The summed E-state index contributed by atoms with van der Waals surface area (Å²) in [7, 11) is 0. The fourth-order valence-electron chi connectivity index (χ4n) is 3.31. The van der Waals surface area contributed by atoms with Crippen molar-refractivity contribution < 1.29 is 9.84 Å². The first-order valence-corrected chi connectivity index (χ1v) is 8.25. The summed E-state index contributed by atoms with van der Waals surface area (Å²) in [6.45, 7) is 9.06. The van der Waals surface area contributed by atoms with Crippen molar-refractivity contribution in [2.75, 3.05) is 26.3 Å². The average molecular weight is 312 g/mol. The number of ether oxygens (including phenoxy) is 1. The number of halogens is 1. The van der Waals surface area contributed by atoms with Crippen LogP contribution in [0.2, 0.25) is 5.02 Å². The van der Waals surface area contributed by atoms with Crippen LogP contribution in [0.4, 0.5) is 0 Å². The van der Waals surface area contributed by atoms with Crippen LogP contribution in [-0.2, 0) is 0 Å². The second-order valence-electron chi connectivity index (χ2n) is 5.75. The van der Waals surface area contributed by atoms with Crippen molar-refractivity contribution in [1.82, 2.24) is 4.90 Å². The number of rotatable bonds is 6. The second-order valence-corrected chi connectivity index (χ2v) is 6.13. The van der Waals surface area contributed by atoms with Gasteiger partial charge in [0.1, 0.15) is 5.75 Å². The van der Waals surface area contributed by atoms with Crippen LogP contribution in [-0.4, -0.2) is 36.3 Å². The van der Waals surface area contributed by atoms with Gasteiger partial charge in [-0.3, -0.25) is 4.90 Å². The van der Waals surface area contributed by atoms with Crippen molar-refractivity contribution in [3.8, 4) is 5.75 Å². The maximum atomic E-state index is 9.49. The van der Waals surface area contributed by atoms with E-state index in [-0.39, 0.29) is 12.6 Å². The summed E-state index contributed by atoms with van der Waals surface area (Å²) in [6.07, 6.45) is 3.18. The fraction of sp³-hybridized carbons (Fsp3) is 0.647. The van der Waals surface area contributed by atoms with E-state index in [0.29, 0.717) is 6.61 Å². The van der Waals surface area contributed by atoms with Gasteiger partial charge in [-0.1, -0.05) is 11.6 Å². The molecule has 1 aromatic carbocycles. The fourth-order valence-corrected chi connectivity index (χ4v) is 3.47. The Morgan fingerprint density at radius 2 is 2.00 bits per heavy atom. The van der Waals surface area contributed by atoms with Crippen molar-refractivity contribution in [3.05, 3.63) is 27.8 Å². The quantitative estimate of drug-likeness (QED) is 0.865. The normalized spacial score (nSPS) is 17.2. The van der Waals surface area contributed by atoms with Crippen LogP contribution in [0.5, 0.6) is 5.75 Å². The predicted octanol–water partition coefficient (Wildman–Crippen LogP) is 3.87. The molecule has 3 nitrogen and oxygen atoms in total. The monoisotopic (exact) mass is 311 g/mol. The number of aliphatic hydroxyl groups excluding tert-OH is 1. The van der Waals surface area contributed by atoms with Gasteiger partial charge in [-0.25, -0.2) is 0 Å². The van der Waals surface area contributed by atoms with E-state index >= 15 is 0 Å². The molecular formula is C17H26ClNO2. The number of benzene rings is 1. The Bertz CT molecular complexity index is 484. The molecule has 118 valence electrons. The van der Waals surface area contributed by atoms with E-state index in [1.165, 1.54) is 12.8 Å². The summed E-state index contributed by atoms with van der Waals surface area (Å²) in [5.74, 6) is 0.919. The van der Waals surface area contributed by atoms with E-state index in [2.05, 4.69) is 11.8 Å². The summed E-state index contributed by atoms with van der Waals surface area (Å²) < 4.78 is 5.87. The van der Waals surface area contributed by atoms with Crippen molar-refractivity contribution in [2.24, 2.45) is 0 Å². The highest BCUT2D eigenvalue weighted by molar-refractivity contribution is 6.32. The van der Waals surface area contributed by atoms with Gasteiger partial charge in [0.2, 0.25) is 0 Å². The van der Waals surface area contributed by atoms with Gasteiger partial charge in [0, 0.05) is 23.2 Å². The maximum absolute atomic E-state index is 9.49. The lowest BCUT2D eigenvalue weighted by atomic mass is 9.94. The van der Waals surface area contributed by atoms with Crippen molar-refractivity contribution in [3.63, 3.8) is 0 Å². The molecule has 4 heteroatoms. The minimum absolute atomic E-state index is 0.178. The van der Waals surface area contributed by atoms with Crippen LogP contribution in [0.15, 0.2) is 6.07 Å². The summed E-state index contributed by atoms with van der Waals surface area (Å²) in [4.78, 5) is 2.45. The molecule has 0 spiro atoms. The van der Waals surface area contributed by atoms with Crippen molar-refractivity contribution in [2.45, 2.75) is 46.1 Å². The Labute approximate surface area is 132 Å². The number of nitrogens with zero attached hydrogens (tertiary/aromatic N) is 1. The molecule has 1 fully saturated rings. The zero-order valence-corrected chi connectivity index (χ0v) is 14.0. The minimum Gasteiger partial charge on any atom is -0.494 e. The first-order valence-electron chi connectivity index (χ1n) is 7.87. The lowest BCUT2D eigenvalue weighted by molar-refractivity contribution is 0.180. The molecule has 1 atom stereocenters.